The van der Waals surface area contributed by atoms with Crippen molar-refractivity contribution < 1.29 is 19.5 Å². The van der Waals surface area contributed by atoms with E-state index in [-0.39, 0.29) is 0 Å². The molecule has 0 radical (unpaired) electrons. The Morgan fingerprint density at radius 3 is 2.50 bits per heavy atom. The van der Waals surface area contributed by atoms with Crippen LogP contribution in [0.25, 0.3) is 0 Å². The first kappa shape index (κ1) is 8.67. The third-order valence-corrected chi connectivity index (χ3v) is 0.777. The molecule has 0 saturated heterocycles. The lowest BCUT2D eigenvalue weighted by molar-refractivity contribution is -0.764. The molecule has 6 heteroatoms. The van der Waals surface area contributed by atoms with Crippen LogP contribution in [0.2, 0.25) is 0 Å². The van der Waals surface area contributed by atoms with E-state index in [0.29, 0.717) is 0 Å². The van der Waals surface area contributed by atoms with Crippen molar-refractivity contribution in [3.05, 3.63) is 10.1 Å². The minimum atomic E-state index is -1.15. The van der Waals surface area contributed by atoms with Crippen LogP contribution in [0.1, 0.15) is 6.92 Å². The lowest BCUT2D eigenvalue weighted by atomic mass is 10.4. The van der Waals surface area contributed by atoms with E-state index in [1.807, 2.05) is 0 Å². The fraction of sp³-hybridized carbons (Fsp3) is 0.750. The summed E-state index contributed by atoms with van der Waals surface area (Å²) >= 11 is 0. The largest absolute Gasteiger partial charge is 0.467 e. The predicted octanol–water partition coefficient (Wildman–Crippen LogP) is -0.244. The van der Waals surface area contributed by atoms with Crippen molar-refractivity contribution in [3.63, 3.8) is 0 Å². The topological polar surface area (TPSA) is 78.7 Å². The van der Waals surface area contributed by atoms with Crippen molar-refractivity contribution in [2.75, 3.05) is 7.11 Å². The molecule has 0 amide bonds. The quantitative estimate of drug-likeness (QED) is 0.314. The van der Waals surface area contributed by atoms with Gasteiger partial charge in [-0.05, 0) is 6.92 Å². The number of carbonyl (C=O) groups excluding carboxylic acids is 1. The zero-order chi connectivity index (χ0) is 8.15. The number of hydrogen-bond donors (Lipinski definition) is 0. The molecule has 6 nitrogen and oxygen atoms in total. The van der Waals surface area contributed by atoms with Crippen LogP contribution >= 0.6 is 0 Å². The van der Waals surface area contributed by atoms with Gasteiger partial charge in [-0.1, -0.05) is 0 Å². The van der Waals surface area contributed by atoms with Crippen LogP contribution in [-0.4, -0.2) is 24.3 Å². The van der Waals surface area contributed by atoms with Crippen LogP contribution in [0, 0.1) is 10.1 Å². The first-order chi connectivity index (χ1) is 4.57. The summed E-state index contributed by atoms with van der Waals surface area (Å²) in [5.41, 5.74) is 0. The molecule has 0 aromatic carbocycles. The molecule has 0 fully saturated rings. The molecule has 0 saturated carbocycles. The average Bonchev–Trinajstić information content (AvgIpc) is 1.85. The Labute approximate surface area is 56.8 Å². The van der Waals surface area contributed by atoms with Gasteiger partial charge in [0.1, 0.15) is 0 Å². The van der Waals surface area contributed by atoms with Crippen molar-refractivity contribution in [2.24, 2.45) is 0 Å². The van der Waals surface area contributed by atoms with Crippen LogP contribution < -0.4 is 0 Å². The molecule has 1 atom stereocenters. The zero-order valence-corrected chi connectivity index (χ0v) is 5.57. The smallest absolute Gasteiger partial charge is 0.334 e. The molecule has 0 aliphatic heterocycles. The molecule has 0 N–H and O–H groups in total. The minimum absolute atomic E-state index is 0.767. The second-order valence-corrected chi connectivity index (χ2v) is 1.49. The monoisotopic (exact) mass is 149 g/mol. The number of methoxy groups -OCH3 is 1. The van der Waals surface area contributed by atoms with Gasteiger partial charge in [0.25, 0.3) is 5.09 Å². The molecule has 58 valence electrons. The Morgan fingerprint density at radius 2 is 2.20 bits per heavy atom. The average molecular weight is 149 g/mol. The van der Waals surface area contributed by atoms with Gasteiger partial charge < -0.3 is 4.74 Å². The summed E-state index contributed by atoms with van der Waals surface area (Å²) in [6, 6.07) is 0. The Kier molecular flexibility index (Phi) is 3.16. The molecule has 0 rings (SSSR count). The molecule has 0 aliphatic carbocycles. The van der Waals surface area contributed by atoms with E-state index >= 15 is 0 Å². The molecular weight excluding hydrogens is 142 g/mol. The predicted molar refractivity (Wildman–Crippen MR) is 29.6 cm³/mol. The fourth-order valence-electron chi connectivity index (χ4n) is 0.338. The second kappa shape index (κ2) is 3.65. The lowest BCUT2D eigenvalue weighted by Crippen LogP contribution is -2.24. The van der Waals surface area contributed by atoms with Crippen LogP contribution in [0.15, 0.2) is 0 Å². The number of ether oxygens (including phenoxy) is 1. The molecule has 0 aromatic rings. The summed E-state index contributed by atoms with van der Waals surface area (Å²) in [6.07, 6.45) is -1.15. The molecule has 1 unspecified atom stereocenters. The molecule has 0 aliphatic rings. The summed E-state index contributed by atoms with van der Waals surface area (Å²) in [4.78, 5) is 23.9. The first-order valence-corrected chi connectivity index (χ1v) is 2.47. The summed E-state index contributed by atoms with van der Waals surface area (Å²) < 4.78 is 4.14. The van der Waals surface area contributed by atoms with E-state index in [9.17, 15) is 14.9 Å². The molecule has 0 heterocycles. The van der Waals surface area contributed by atoms with Gasteiger partial charge in [-0.2, -0.15) is 0 Å². The summed E-state index contributed by atoms with van der Waals surface area (Å²) in [5, 5.41) is 8.57. The normalized spacial score (nSPS) is 11.8. The standard InChI is InChI=1S/C4H7NO5/c1-3(4(6)9-2)10-5(7)8/h3H,1-2H3. The van der Waals surface area contributed by atoms with Gasteiger partial charge in [0.05, 0.1) is 7.11 Å². The fourth-order valence-corrected chi connectivity index (χ4v) is 0.338. The highest BCUT2D eigenvalue weighted by Gasteiger charge is 2.16. The van der Waals surface area contributed by atoms with E-state index in [2.05, 4.69) is 9.57 Å². The lowest BCUT2D eigenvalue weighted by Gasteiger charge is -2.04. The Hall–Kier alpha value is -1.33. The number of esters is 1. The van der Waals surface area contributed by atoms with Crippen molar-refractivity contribution >= 4 is 5.97 Å². The maximum atomic E-state index is 10.4. The van der Waals surface area contributed by atoms with E-state index in [0.717, 1.165) is 7.11 Å². The highest BCUT2D eigenvalue weighted by atomic mass is 17.0. The van der Waals surface area contributed by atoms with Gasteiger partial charge in [0.15, 0.2) is 0 Å². The first-order valence-electron chi connectivity index (χ1n) is 2.47. The SMILES string of the molecule is COC(=O)C(C)O[N+](=O)[O-]. The van der Waals surface area contributed by atoms with E-state index in [1.54, 1.807) is 0 Å². The van der Waals surface area contributed by atoms with Crippen molar-refractivity contribution in [1.82, 2.24) is 0 Å². The molecular formula is C4H7NO5. The van der Waals surface area contributed by atoms with Crippen molar-refractivity contribution in [2.45, 2.75) is 13.0 Å². The van der Waals surface area contributed by atoms with E-state index < -0.39 is 17.2 Å². The number of rotatable bonds is 3. The van der Waals surface area contributed by atoms with Gasteiger partial charge >= 0.3 is 5.97 Å². The molecule has 0 spiro atoms. The Bertz CT molecular complexity index is 145. The molecule has 0 bridgehead atoms. The number of hydrogen-bond acceptors (Lipinski definition) is 5. The van der Waals surface area contributed by atoms with Crippen molar-refractivity contribution in [1.29, 1.82) is 0 Å². The number of carbonyl (C=O) groups is 1. The number of nitrogens with zero attached hydrogens (tertiary/aromatic N) is 1. The maximum absolute atomic E-state index is 10.4. The summed E-state index contributed by atoms with van der Waals surface area (Å²) in [7, 11) is 1.13. The van der Waals surface area contributed by atoms with Gasteiger partial charge in [-0.25, -0.2) is 4.79 Å². The summed E-state index contributed by atoms with van der Waals surface area (Å²) in [6.45, 7) is 1.23. The molecule has 10 heavy (non-hydrogen) atoms. The van der Waals surface area contributed by atoms with Gasteiger partial charge in [0, 0.05) is 0 Å². The summed E-state index contributed by atoms with van der Waals surface area (Å²) in [5.74, 6) is -0.767. The maximum Gasteiger partial charge on any atom is 0.334 e. The van der Waals surface area contributed by atoms with Gasteiger partial charge in [-0.15, -0.1) is 10.1 Å². The van der Waals surface area contributed by atoms with Crippen LogP contribution in [0.5, 0.6) is 0 Å². The highest BCUT2D eigenvalue weighted by molar-refractivity contribution is 5.73. The third kappa shape index (κ3) is 2.85. The van der Waals surface area contributed by atoms with E-state index in [1.165, 1.54) is 6.92 Å². The van der Waals surface area contributed by atoms with Gasteiger partial charge in [-0.3, -0.25) is 4.84 Å². The minimum Gasteiger partial charge on any atom is -0.467 e. The van der Waals surface area contributed by atoms with E-state index in [4.69, 9.17) is 0 Å². The third-order valence-electron chi connectivity index (χ3n) is 0.777. The van der Waals surface area contributed by atoms with Gasteiger partial charge in [0.2, 0.25) is 6.10 Å². The molecule has 0 aromatic heterocycles. The Morgan fingerprint density at radius 1 is 1.70 bits per heavy atom. The zero-order valence-electron chi connectivity index (χ0n) is 5.57. The van der Waals surface area contributed by atoms with Crippen LogP contribution in [0.4, 0.5) is 0 Å². The Balaban J connectivity index is 3.72. The van der Waals surface area contributed by atoms with Crippen LogP contribution in [-0.2, 0) is 14.4 Å². The second-order valence-electron chi connectivity index (χ2n) is 1.49. The highest BCUT2D eigenvalue weighted by Crippen LogP contribution is 1.92. The van der Waals surface area contributed by atoms with Crippen LogP contribution in [0.3, 0.4) is 0 Å². The van der Waals surface area contributed by atoms with Crippen molar-refractivity contribution in [3.8, 4) is 0 Å².